The Hall–Kier alpha value is -3.24. The summed E-state index contributed by atoms with van der Waals surface area (Å²) in [7, 11) is 3.94. The lowest BCUT2D eigenvalue weighted by atomic mass is 10.1. The van der Waals surface area contributed by atoms with E-state index in [0.29, 0.717) is 23.4 Å². The number of rotatable bonds is 7. The first-order valence-electron chi connectivity index (χ1n) is 8.19. The predicted octanol–water partition coefficient (Wildman–Crippen LogP) is 1.89. The van der Waals surface area contributed by atoms with Crippen LogP contribution < -0.4 is 10.6 Å². The lowest BCUT2D eigenvalue weighted by molar-refractivity contribution is 0.0952. The van der Waals surface area contributed by atoms with Crippen molar-refractivity contribution in [3.05, 3.63) is 59.4 Å². The van der Waals surface area contributed by atoms with Gasteiger partial charge in [0.05, 0.1) is 22.8 Å². The second kappa shape index (κ2) is 9.30. The summed E-state index contributed by atoms with van der Waals surface area (Å²) in [6.07, 6.45) is 3.66. The Bertz CT molecular complexity index is 827. The van der Waals surface area contributed by atoms with Gasteiger partial charge in [-0.15, -0.1) is 0 Å². The Balaban J connectivity index is 2.00. The summed E-state index contributed by atoms with van der Waals surface area (Å²) < 4.78 is 0. The molecule has 0 fully saturated rings. The Morgan fingerprint density at radius 2 is 1.88 bits per heavy atom. The van der Waals surface area contributed by atoms with Crippen LogP contribution in [0.5, 0.6) is 0 Å². The van der Waals surface area contributed by atoms with Gasteiger partial charge in [0.2, 0.25) is 0 Å². The van der Waals surface area contributed by atoms with Gasteiger partial charge in [-0.1, -0.05) is 6.07 Å². The molecule has 1 heterocycles. The van der Waals surface area contributed by atoms with Crippen LogP contribution in [0.25, 0.3) is 0 Å². The van der Waals surface area contributed by atoms with Gasteiger partial charge in [-0.25, -0.2) is 0 Å². The smallest absolute Gasteiger partial charge is 0.257 e. The average Bonchev–Trinajstić information content (AvgIpc) is 2.65. The van der Waals surface area contributed by atoms with Crippen molar-refractivity contribution >= 4 is 17.5 Å². The first-order chi connectivity index (χ1) is 12.5. The number of nitrogens with zero attached hydrogens (tertiary/aromatic N) is 3. The van der Waals surface area contributed by atoms with Crippen LogP contribution in [0.15, 0.2) is 42.7 Å². The van der Waals surface area contributed by atoms with E-state index in [1.54, 1.807) is 24.3 Å². The van der Waals surface area contributed by atoms with Crippen LogP contribution in [0.3, 0.4) is 0 Å². The van der Waals surface area contributed by atoms with E-state index < -0.39 is 5.91 Å². The van der Waals surface area contributed by atoms with Crippen molar-refractivity contribution in [1.29, 1.82) is 5.26 Å². The van der Waals surface area contributed by atoms with Crippen LogP contribution in [-0.2, 0) is 0 Å². The molecule has 0 spiro atoms. The number of benzene rings is 1. The third-order valence-corrected chi connectivity index (χ3v) is 3.58. The fourth-order valence-electron chi connectivity index (χ4n) is 2.26. The van der Waals surface area contributed by atoms with Gasteiger partial charge < -0.3 is 15.5 Å². The maximum atomic E-state index is 12.4. The van der Waals surface area contributed by atoms with Crippen LogP contribution in [0, 0.1) is 11.3 Å². The molecular formula is C19H21N5O2. The molecule has 7 heteroatoms. The largest absolute Gasteiger partial charge is 0.352 e. The van der Waals surface area contributed by atoms with Crippen molar-refractivity contribution in [2.45, 2.75) is 6.42 Å². The predicted molar refractivity (Wildman–Crippen MR) is 98.9 cm³/mol. The summed E-state index contributed by atoms with van der Waals surface area (Å²) in [5, 5.41) is 14.4. The molecule has 0 radical (unpaired) electrons. The number of nitriles is 1. The van der Waals surface area contributed by atoms with E-state index in [1.807, 2.05) is 25.1 Å². The molecule has 0 saturated carbocycles. The number of hydrogen-bond acceptors (Lipinski definition) is 5. The van der Waals surface area contributed by atoms with Crippen molar-refractivity contribution in [1.82, 2.24) is 15.2 Å². The Morgan fingerprint density at radius 3 is 2.58 bits per heavy atom. The van der Waals surface area contributed by atoms with E-state index in [9.17, 15) is 9.59 Å². The zero-order chi connectivity index (χ0) is 18.9. The molecule has 0 aliphatic rings. The average molecular weight is 351 g/mol. The van der Waals surface area contributed by atoms with Gasteiger partial charge in [-0.2, -0.15) is 5.26 Å². The highest BCUT2D eigenvalue weighted by Crippen LogP contribution is 2.12. The van der Waals surface area contributed by atoms with Gasteiger partial charge in [0.15, 0.2) is 0 Å². The number of nitrogens with one attached hydrogen (secondary N) is 2. The third-order valence-electron chi connectivity index (χ3n) is 3.58. The minimum absolute atomic E-state index is 0.266. The SMILES string of the molecule is CN(C)CCCNC(=O)c1cncc(C(=O)Nc2cccc(C#N)c2)c1. The molecule has 1 aromatic heterocycles. The zero-order valence-electron chi connectivity index (χ0n) is 14.8. The van der Waals surface area contributed by atoms with Crippen molar-refractivity contribution in [3.8, 4) is 6.07 Å². The first-order valence-corrected chi connectivity index (χ1v) is 8.19. The number of anilines is 1. The molecule has 0 atom stereocenters. The van der Waals surface area contributed by atoms with Gasteiger partial charge in [-0.3, -0.25) is 14.6 Å². The van der Waals surface area contributed by atoms with Crippen LogP contribution in [0.1, 0.15) is 32.7 Å². The molecule has 0 bridgehead atoms. The fraction of sp³-hybridized carbons (Fsp3) is 0.263. The maximum absolute atomic E-state index is 12.4. The number of amides is 2. The summed E-state index contributed by atoms with van der Waals surface area (Å²) in [5.41, 5.74) is 1.56. The summed E-state index contributed by atoms with van der Waals surface area (Å²) in [6.45, 7) is 1.43. The van der Waals surface area contributed by atoms with E-state index in [2.05, 4.69) is 15.6 Å². The topological polar surface area (TPSA) is 98.1 Å². The van der Waals surface area contributed by atoms with Crippen molar-refractivity contribution in [3.63, 3.8) is 0 Å². The second-order valence-corrected chi connectivity index (χ2v) is 6.02. The maximum Gasteiger partial charge on any atom is 0.257 e. The number of pyridine rings is 1. The number of hydrogen-bond donors (Lipinski definition) is 2. The lowest BCUT2D eigenvalue weighted by Crippen LogP contribution is -2.27. The van der Waals surface area contributed by atoms with Gasteiger partial charge >= 0.3 is 0 Å². The minimum Gasteiger partial charge on any atom is -0.352 e. The molecule has 2 rings (SSSR count). The second-order valence-electron chi connectivity index (χ2n) is 6.02. The molecule has 2 aromatic rings. The Labute approximate surface area is 152 Å². The van der Waals surface area contributed by atoms with E-state index >= 15 is 0 Å². The van der Waals surface area contributed by atoms with Crippen LogP contribution in [0.2, 0.25) is 0 Å². The van der Waals surface area contributed by atoms with Crippen molar-refractivity contribution < 1.29 is 9.59 Å². The summed E-state index contributed by atoms with van der Waals surface area (Å²) in [4.78, 5) is 30.5. The highest BCUT2D eigenvalue weighted by Gasteiger charge is 2.11. The van der Waals surface area contributed by atoms with Gasteiger partial charge in [0, 0.05) is 24.6 Å². The third kappa shape index (κ3) is 5.69. The summed E-state index contributed by atoms with van der Waals surface area (Å²) in [5.74, 6) is -0.660. The molecule has 134 valence electrons. The Kier molecular flexibility index (Phi) is 6.83. The Morgan fingerprint density at radius 1 is 1.15 bits per heavy atom. The lowest BCUT2D eigenvalue weighted by Gasteiger charge is -2.10. The van der Waals surface area contributed by atoms with E-state index in [0.717, 1.165) is 13.0 Å². The highest BCUT2D eigenvalue weighted by molar-refractivity contribution is 6.05. The molecule has 7 nitrogen and oxygen atoms in total. The van der Waals surface area contributed by atoms with Gasteiger partial charge in [0.25, 0.3) is 11.8 Å². The van der Waals surface area contributed by atoms with E-state index in [1.165, 1.54) is 18.5 Å². The van der Waals surface area contributed by atoms with E-state index in [-0.39, 0.29) is 11.5 Å². The van der Waals surface area contributed by atoms with Gasteiger partial charge in [0.1, 0.15) is 0 Å². The molecule has 0 aliphatic carbocycles. The van der Waals surface area contributed by atoms with Gasteiger partial charge in [-0.05, 0) is 51.3 Å². The molecule has 0 unspecified atom stereocenters. The first kappa shape index (κ1) is 19.1. The van der Waals surface area contributed by atoms with Crippen LogP contribution in [0.4, 0.5) is 5.69 Å². The monoisotopic (exact) mass is 351 g/mol. The molecule has 2 N–H and O–H groups in total. The number of carbonyl (C=O) groups is 2. The zero-order valence-corrected chi connectivity index (χ0v) is 14.8. The molecule has 2 amide bonds. The van der Waals surface area contributed by atoms with Crippen molar-refractivity contribution in [2.75, 3.05) is 32.5 Å². The van der Waals surface area contributed by atoms with Crippen LogP contribution >= 0.6 is 0 Å². The molecule has 1 aromatic carbocycles. The molecule has 26 heavy (non-hydrogen) atoms. The molecular weight excluding hydrogens is 330 g/mol. The standard InChI is InChI=1S/C19H21N5O2/c1-24(2)8-4-7-22-18(25)15-10-16(13-21-12-15)19(26)23-17-6-3-5-14(9-17)11-20/h3,5-6,9-10,12-13H,4,7-8H2,1-2H3,(H,22,25)(H,23,26). The molecule has 0 aliphatic heterocycles. The number of carbonyl (C=O) groups excluding carboxylic acids is 2. The quantitative estimate of drug-likeness (QED) is 0.742. The highest BCUT2D eigenvalue weighted by atomic mass is 16.2. The fourth-order valence-corrected chi connectivity index (χ4v) is 2.26. The van der Waals surface area contributed by atoms with Crippen LogP contribution in [-0.4, -0.2) is 48.9 Å². The van der Waals surface area contributed by atoms with Crippen molar-refractivity contribution in [2.24, 2.45) is 0 Å². The molecule has 0 saturated heterocycles. The number of aromatic nitrogens is 1. The van der Waals surface area contributed by atoms with E-state index in [4.69, 9.17) is 5.26 Å². The minimum atomic E-state index is -0.394. The summed E-state index contributed by atoms with van der Waals surface area (Å²) in [6, 6.07) is 10.1. The normalized spacial score (nSPS) is 10.2. The summed E-state index contributed by atoms with van der Waals surface area (Å²) >= 11 is 0.